The highest BCUT2D eigenvalue weighted by Crippen LogP contribution is 2.19. The molecule has 1 unspecified atom stereocenters. The van der Waals surface area contributed by atoms with Gasteiger partial charge in [-0.3, -0.25) is 0 Å². The zero-order valence-corrected chi connectivity index (χ0v) is 11.8. The summed E-state index contributed by atoms with van der Waals surface area (Å²) in [6.07, 6.45) is -1.49. The lowest BCUT2D eigenvalue weighted by atomic mass is 10.1. The van der Waals surface area contributed by atoms with Gasteiger partial charge < -0.3 is 15.3 Å². The molecule has 2 N–H and O–H groups in total. The Morgan fingerprint density at radius 2 is 2.18 bits per heavy atom. The second-order valence-corrected chi connectivity index (χ2v) is 4.46. The molecule has 10 heteroatoms. The van der Waals surface area contributed by atoms with Gasteiger partial charge in [-0.2, -0.15) is 13.2 Å². The van der Waals surface area contributed by atoms with Gasteiger partial charge in [0, 0.05) is 25.7 Å². The second kappa shape index (κ2) is 7.87. The first kappa shape index (κ1) is 18.1. The predicted octanol–water partition coefficient (Wildman–Crippen LogP) is 1.44. The van der Waals surface area contributed by atoms with Crippen LogP contribution in [0.4, 0.5) is 23.4 Å². The first-order chi connectivity index (χ1) is 10.3. The van der Waals surface area contributed by atoms with E-state index in [0.717, 1.165) is 26.1 Å². The van der Waals surface area contributed by atoms with Crippen molar-refractivity contribution >= 4 is 11.8 Å². The van der Waals surface area contributed by atoms with Crippen LogP contribution in [0.2, 0.25) is 0 Å². The first-order valence-corrected chi connectivity index (χ1v) is 6.50. The van der Waals surface area contributed by atoms with Crippen molar-refractivity contribution in [3.63, 3.8) is 0 Å². The molecular formula is C12H16F4N4O2. The highest BCUT2D eigenvalue weighted by molar-refractivity contribution is 5.73. The number of halogens is 4. The van der Waals surface area contributed by atoms with Gasteiger partial charge in [0.25, 0.3) is 0 Å². The van der Waals surface area contributed by atoms with Crippen LogP contribution in [-0.4, -0.2) is 52.9 Å². The van der Waals surface area contributed by atoms with E-state index in [1.165, 1.54) is 12.5 Å². The van der Waals surface area contributed by atoms with E-state index >= 15 is 0 Å². The molecule has 2 rings (SSSR count). The van der Waals surface area contributed by atoms with Crippen molar-refractivity contribution in [3.8, 4) is 0 Å². The fourth-order valence-electron chi connectivity index (χ4n) is 1.92. The van der Waals surface area contributed by atoms with E-state index in [0.29, 0.717) is 11.9 Å². The first-order valence-electron chi connectivity index (χ1n) is 6.50. The Kier molecular flexibility index (Phi) is 6.47. The van der Waals surface area contributed by atoms with E-state index in [1.807, 2.05) is 4.90 Å². The minimum absolute atomic E-state index is 0.322. The number of carboxylic acids is 1. The van der Waals surface area contributed by atoms with Gasteiger partial charge in [0.1, 0.15) is 6.33 Å². The van der Waals surface area contributed by atoms with Gasteiger partial charge >= 0.3 is 12.1 Å². The van der Waals surface area contributed by atoms with Crippen molar-refractivity contribution in [2.45, 2.75) is 25.6 Å². The molecule has 0 spiro atoms. The molecule has 0 aliphatic carbocycles. The zero-order chi connectivity index (χ0) is 16.8. The smallest absolute Gasteiger partial charge is 0.475 e. The van der Waals surface area contributed by atoms with Crippen LogP contribution in [0, 0.1) is 5.82 Å². The molecule has 1 saturated heterocycles. The van der Waals surface area contributed by atoms with Gasteiger partial charge in [-0.15, -0.1) is 0 Å². The summed E-state index contributed by atoms with van der Waals surface area (Å²) in [5, 5.41) is 10.4. The largest absolute Gasteiger partial charge is 0.490 e. The number of anilines is 1. The van der Waals surface area contributed by atoms with Crippen molar-refractivity contribution in [2.75, 3.05) is 24.5 Å². The van der Waals surface area contributed by atoms with Gasteiger partial charge in [-0.1, -0.05) is 6.92 Å². The fourth-order valence-corrected chi connectivity index (χ4v) is 1.92. The SMILES string of the molecule is CCC1CNCCN1c1ncncc1F.O=C(O)C(F)(F)F. The quantitative estimate of drug-likeness (QED) is 0.802. The molecule has 1 aliphatic heterocycles. The van der Waals surface area contributed by atoms with Crippen molar-refractivity contribution < 1.29 is 27.5 Å². The number of hydrogen-bond donors (Lipinski definition) is 2. The summed E-state index contributed by atoms with van der Waals surface area (Å²) >= 11 is 0. The number of rotatable bonds is 2. The van der Waals surface area contributed by atoms with Gasteiger partial charge in [-0.25, -0.2) is 19.2 Å². The van der Waals surface area contributed by atoms with Crippen LogP contribution >= 0.6 is 0 Å². The molecule has 0 saturated carbocycles. The normalized spacial score (nSPS) is 18.4. The third-order valence-corrected chi connectivity index (χ3v) is 2.98. The molecule has 6 nitrogen and oxygen atoms in total. The maximum absolute atomic E-state index is 13.5. The summed E-state index contributed by atoms with van der Waals surface area (Å²) in [5.41, 5.74) is 0. The molecule has 0 amide bonds. The third kappa shape index (κ3) is 5.10. The number of piperazine rings is 1. The third-order valence-electron chi connectivity index (χ3n) is 2.98. The Balaban J connectivity index is 0.000000295. The summed E-state index contributed by atoms with van der Waals surface area (Å²) in [6.45, 7) is 4.66. The molecule has 0 aromatic carbocycles. The lowest BCUT2D eigenvalue weighted by Gasteiger charge is -2.36. The van der Waals surface area contributed by atoms with Gasteiger partial charge in [-0.05, 0) is 6.42 Å². The van der Waals surface area contributed by atoms with E-state index in [1.54, 1.807) is 0 Å². The Morgan fingerprint density at radius 1 is 1.55 bits per heavy atom. The van der Waals surface area contributed by atoms with Crippen LogP contribution in [0.5, 0.6) is 0 Å². The summed E-state index contributed by atoms with van der Waals surface area (Å²) in [4.78, 5) is 18.6. The van der Waals surface area contributed by atoms with E-state index in [9.17, 15) is 17.6 Å². The highest BCUT2D eigenvalue weighted by Gasteiger charge is 2.38. The van der Waals surface area contributed by atoms with Crippen molar-refractivity contribution in [1.82, 2.24) is 15.3 Å². The average Bonchev–Trinajstić information content (AvgIpc) is 2.47. The molecule has 124 valence electrons. The lowest BCUT2D eigenvalue weighted by molar-refractivity contribution is -0.192. The van der Waals surface area contributed by atoms with Gasteiger partial charge in [0.2, 0.25) is 0 Å². The molecule has 0 radical (unpaired) electrons. The zero-order valence-electron chi connectivity index (χ0n) is 11.8. The molecule has 1 aliphatic rings. The summed E-state index contributed by atoms with van der Waals surface area (Å²) in [5.74, 6) is -2.66. The molecule has 1 atom stereocenters. The Labute approximate surface area is 124 Å². The second-order valence-electron chi connectivity index (χ2n) is 4.46. The van der Waals surface area contributed by atoms with Crippen LogP contribution in [0.15, 0.2) is 12.5 Å². The van der Waals surface area contributed by atoms with Crippen LogP contribution < -0.4 is 10.2 Å². The van der Waals surface area contributed by atoms with Gasteiger partial charge in [0.15, 0.2) is 11.6 Å². The van der Waals surface area contributed by atoms with Crippen molar-refractivity contribution in [1.29, 1.82) is 0 Å². The van der Waals surface area contributed by atoms with Crippen LogP contribution in [0.25, 0.3) is 0 Å². The van der Waals surface area contributed by atoms with E-state index in [4.69, 9.17) is 9.90 Å². The molecule has 1 aromatic heterocycles. The van der Waals surface area contributed by atoms with E-state index < -0.39 is 12.1 Å². The predicted molar refractivity (Wildman–Crippen MR) is 70.0 cm³/mol. The number of aromatic nitrogens is 2. The van der Waals surface area contributed by atoms with Crippen molar-refractivity contribution in [2.24, 2.45) is 0 Å². The van der Waals surface area contributed by atoms with Gasteiger partial charge in [0.05, 0.1) is 6.20 Å². The molecule has 22 heavy (non-hydrogen) atoms. The molecule has 2 heterocycles. The number of aliphatic carboxylic acids is 1. The number of hydrogen-bond acceptors (Lipinski definition) is 5. The number of carbonyl (C=O) groups is 1. The fraction of sp³-hybridized carbons (Fsp3) is 0.583. The number of nitrogens with zero attached hydrogens (tertiary/aromatic N) is 3. The maximum Gasteiger partial charge on any atom is 0.490 e. The Bertz CT molecular complexity index is 498. The number of alkyl halides is 3. The lowest BCUT2D eigenvalue weighted by Crippen LogP contribution is -2.51. The van der Waals surface area contributed by atoms with E-state index in [2.05, 4.69) is 22.2 Å². The summed E-state index contributed by atoms with van der Waals surface area (Å²) < 4.78 is 45.2. The molecule has 1 aromatic rings. The topological polar surface area (TPSA) is 78.3 Å². The average molecular weight is 324 g/mol. The van der Waals surface area contributed by atoms with Crippen LogP contribution in [0.1, 0.15) is 13.3 Å². The maximum atomic E-state index is 13.5. The molecular weight excluding hydrogens is 308 g/mol. The molecule has 1 fully saturated rings. The minimum atomic E-state index is -5.08. The standard InChI is InChI=1S/C10H15FN4.C2HF3O2/c1-2-8-5-12-3-4-15(8)10-9(11)6-13-7-14-10;3-2(4,5)1(6)7/h6-8,12H,2-5H2,1H3;(H,6,7). The number of nitrogens with one attached hydrogen (secondary N) is 1. The monoisotopic (exact) mass is 324 g/mol. The highest BCUT2D eigenvalue weighted by atomic mass is 19.4. The molecule has 0 bridgehead atoms. The van der Waals surface area contributed by atoms with Crippen molar-refractivity contribution in [3.05, 3.63) is 18.3 Å². The van der Waals surface area contributed by atoms with E-state index in [-0.39, 0.29) is 5.82 Å². The Hall–Kier alpha value is -1.97. The van der Waals surface area contributed by atoms with Crippen LogP contribution in [0.3, 0.4) is 0 Å². The Morgan fingerprint density at radius 3 is 2.68 bits per heavy atom. The summed E-state index contributed by atoms with van der Waals surface area (Å²) in [7, 11) is 0. The summed E-state index contributed by atoms with van der Waals surface area (Å²) in [6, 6.07) is 0.322. The number of carboxylic acid groups (broad SMARTS) is 1. The van der Waals surface area contributed by atoms with Crippen LogP contribution in [-0.2, 0) is 4.79 Å². The minimum Gasteiger partial charge on any atom is -0.475 e.